The van der Waals surface area contributed by atoms with Gasteiger partial charge in [-0.25, -0.2) is 0 Å². The number of hydrogen-bond acceptors (Lipinski definition) is 3. The summed E-state index contributed by atoms with van der Waals surface area (Å²) in [5.41, 5.74) is 1.70. The number of nitro benzene ring substituents is 1. The lowest BCUT2D eigenvalue weighted by Crippen LogP contribution is -2.30. The maximum Gasteiger partial charge on any atom is 0.270 e. The van der Waals surface area contributed by atoms with Crippen LogP contribution in [0.2, 0.25) is 0 Å². The molecule has 19 heavy (non-hydrogen) atoms. The van der Waals surface area contributed by atoms with Crippen LogP contribution < -0.4 is 0 Å². The van der Waals surface area contributed by atoms with Crippen molar-refractivity contribution < 1.29 is 9.72 Å². The monoisotopic (exact) mass is 260 g/mol. The van der Waals surface area contributed by atoms with E-state index in [1.807, 2.05) is 13.0 Å². The zero-order valence-electron chi connectivity index (χ0n) is 10.8. The average Bonchev–Trinajstić information content (AvgIpc) is 2.41. The van der Waals surface area contributed by atoms with Gasteiger partial charge in [-0.1, -0.05) is 12.1 Å². The summed E-state index contributed by atoms with van der Waals surface area (Å²) in [5.74, 6) is 0.121. The van der Waals surface area contributed by atoms with Gasteiger partial charge in [0, 0.05) is 31.3 Å². The molecule has 1 aliphatic rings. The largest absolute Gasteiger partial charge is 0.319 e. The lowest BCUT2D eigenvalue weighted by Gasteiger charge is -2.23. The van der Waals surface area contributed by atoms with Crippen molar-refractivity contribution in [3.63, 3.8) is 0 Å². The highest BCUT2D eigenvalue weighted by atomic mass is 16.6. The van der Waals surface area contributed by atoms with E-state index in [4.69, 9.17) is 0 Å². The minimum absolute atomic E-state index is 0.0650. The molecule has 0 unspecified atom stereocenters. The van der Waals surface area contributed by atoms with Crippen molar-refractivity contribution in [2.45, 2.75) is 26.2 Å². The van der Waals surface area contributed by atoms with Gasteiger partial charge in [-0.3, -0.25) is 14.9 Å². The molecule has 1 fully saturated rings. The van der Waals surface area contributed by atoms with Crippen molar-refractivity contribution in [2.75, 3.05) is 6.54 Å². The van der Waals surface area contributed by atoms with Crippen molar-refractivity contribution in [3.8, 4) is 0 Å². The maximum atomic E-state index is 11.7. The number of amides is 1. The molecule has 1 aromatic carbocycles. The molecule has 5 nitrogen and oxygen atoms in total. The molecule has 0 atom stereocenters. The van der Waals surface area contributed by atoms with Crippen molar-refractivity contribution >= 4 is 17.2 Å². The van der Waals surface area contributed by atoms with Crippen molar-refractivity contribution in [1.29, 1.82) is 0 Å². The molecule has 0 spiro atoms. The van der Waals surface area contributed by atoms with Gasteiger partial charge in [-0.05, 0) is 30.9 Å². The molecule has 1 aliphatic heterocycles. The predicted molar refractivity (Wildman–Crippen MR) is 72.3 cm³/mol. The number of nitro groups is 1. The molecule has 2 rings (SSSR count). The van der Waals surface area contributed by atoms with Crippen LogP contribution in [-0.2, 0) is 4.79 Å². The van der Waals surface area contributed by atoms with Crippen LogP contribution in [0.15, 0.2) is 30.5 Å². The third-order valence-electron chi connectivity index (χ3n) is 3.22. The van der Waals surface area contributed by atoms with Crippen LogP contribution in [-0.4, -0.2) is 22.3 Å². The molecule has 100 valence electrons. The Morgan fingerprint density at radius 3 is 2.89 bits per heavy atom. The van der Waals surface area contributed by atoms with Gasteiger partial charge in [0.25, 0.3) is 5.69 Å². The van der Waals surface area contributed by atoms with E-state index in [-0.39, 0.29) is 11.6 Å². The van der Waals surface area contributed by atoms with E-state index in [1.54, 1.807) is 17.2 Å². The molecule has 0 saturated carbocycles. The van der Waals surface area contributed by atoms with E-state index in [2.05, 4.69) is 0 Å². The molecule has 1 heterocycles. The number of benzene rings is 1. The van der Waals surface area contributed by atoms with Crippen molar-refractivity contribution in [1.82, 2.24) is 4.90 Å². The third kappa shape index (κ3) is 3.19. The number of non-ortho nitro benzene ring substituents is 1. The second-order valence-corrected chi connectivity index (χ2v) is 4.66. The van der Waals surface area contributed by atoms with Crippen LogP contribution in [0, 0.1) is 10.1 Å². The summed E-state index contributed by atoms with van der Waals surface area (Å²) in [5, 5.41) is 10.7. The summed E-state index contributed by atoms with van der Waals surface area (Å²) < 4.78 is 0. The van der Waals surface area contributed by atoms with Crippen molar-refractivity contribution in [3.05, 3.63) is 46.1 Å². The molecule has 1 aromatic rings. The standard InChI is InChI=1S/C14H16N2O3/c1-11(10-15-8-3-2-7-14(15)17)12-5-4-6-13(9-12)16(18)19/h4-6,9-10H,2-3,7-8H2,1H3/b11-10+. The molecule has 0 aliphatic carbocycles. The van der Waals surface area contributed by atoms with Crippen LogP contribution >= 0.6 is 0 Å². The van der Waals surface area contributed by atoms with Gasteiger partial charge in [0.2, 0.25) is 5.91 Å². The fraction of sp³-hybridized carbons (Fsp3) is 0.357. The van der Waals surface area contributed by atoms with E-state index in [9.17, 15) is 14.9 Å². The van der Waals surface area contributed by atoms with Gasteiger partial charge < -0.3 is 4.90 Å². The summed E-state index contributed by atoms with van der Waals surface area (Å²) in [6, 6.07) is 6.46. The first kappa shape index (κ1) is 13.3. The SMILES string of the molecule is C/C(=C\N1CCCCC1=O)c1cccc([N+](=O)[O-])c1. The molecular formula is C14H16N2O3. The first-order valence-corrected chi connectivity index (χ1v) is 6.30. The Balaban J connectivity index is 2.22. The topological polar surface area (TPSA) is 63.5 Å². The normalized spacial score (nSPS) is 16.6. The Morgan fingerprint density at radius 1 is 1.42 bits per heavy atom. The Kier molecular flexibility index (Phi) is 3.94. The number of likely N-dealkylation sites (tertiary alicyclic amines) is 1. The number of allylic oxidation sites excluding steroid dienone is 1. The van der Waals surface area contributed by atoms with Crippen LogP contribution in [0.4, 0.5) is 5.69 Å². The molecule has 0 bridgehead atoms. The van der Waals surface area contributed by atoms with Gasteiger partial charge in [-0.2, -0.15) is 0 Å². The van der Waals surface area contributed by atoms with Crippen LogP contribution in [0.5, 0.6) is 0 Å². The third-order valence-corrected chi connectivity index (χ3v) is 3.22. The number of rotatable bonds is 3. The molecule has 0 aromatic heterocycles. The number of nitrogens with zero attached hydrogens (tertiary/aromatic N) is 2. The van der Waals surface area contributed by atoms with E-state index in [1.165, 1.54) is 12.1 Å². The minimum Gasteiger partial charge on any atom is -0.319 e. The van der Waals surface area contributed by atoms with Crippen LogP contribution in [0.25, 0.3) is 5.57 Å². The predicted octanol–water partition coefficient (Wildman–Crippen LogP) is 2.97. The number of piperidine rings is 1. The highest BCUT2D eigenvalue weighted by Gasteiger charge is 2.16. The first-order valence-electron chi connectivity index (χ1n) is 6.30. The maximum absolute atomic E-state index is 11.7. The van der Waals surface area contributed by atoms with E-state index in [0.717, 1.165) is 30.5 Å². The number of hydrogen-bond donors (Lipinski definition) is 0. The summed E-state index contributed by atoms with van der Waals surface area (Å²) in [6.07, 6.45) is 4.32. The van der Waals surface area contributed by atoms with E-state index in [0.29, 0.717) is 6.42 Å². The summed E-state index contributed by atoms with van der Waals surface area (Å²) >= 11 is 0. The van der Waals surface area contributed by atoms with Gasteiger partial charge >= 0.3 is 0 Å². The summed E-state index contributed by atoms with van der Waals surface area (Å²) in [4.78, 5) is 23.7. The average molecular weight is 260 g/mol. The van der Waals surface area contributed by atoms with Crippen LogP contribution in [0.3, 0.4) is 0 Å². The Labute approximate surface area is 111 Å². The highest BCUT2D eigenvalue weighted by molar-refractivity contribution is 5.80. The Hall–Kier alpha value is -2.17. The number of carbonyl (C=O) groups is 1. The summed E-state index contributed by atoms with van der Waals surface area (Å²) in [7, 11) is 0. The smallest absolute Gasteiger partial charge is 0.270 e. The van der Waals surface area contributed by atoms with Crippen molar-refractivity contribution in [2.24, 2.45) is 0 Å². The Morgan fingerprint density at radius 2 is 2.21 bits per heavy atom. The van der Waals surface area contributed by atoms with E-state index < -0.39 is 4.92 Å². The van der Waals surface area contributed by atoms with Crippen LogP contribution in [0.1, 0.15) is 31.7 Å². The van der Waals surface area contributed by atoms with Gasteiger partial charge in [0.05, 0.1) is 4.92 Å². The Bertz CT molecular complexity index is 537. The molecule has 1 saturated heterocycles. The minimum atomic E-state index is -0.414. The zero-order chi connectivity index (χ0) is 13.8. The molecule has 0 N–H and O–H groups in total. The molecule has 5 heteroatoms. The van der Waals surface area contributed by atoms with Gasteiger partial charge in [-0.15, -0.1) is 0 Å². The van der Waals surface area contributed by atoms with Gasteiger partial charge in [0.15, 0.2) is 0 Å². The zero-order valence-corrected chi connectivity index (χ0v) is 10.8. The molecule has 0 radical (unpaired) electrons. The van der Waals surface area contributed by atoms with E-state index >= 15 is 0 Å². The van der Waals surface area contributed by atoms with Gasteiger partial charge in [0.1, 0.15) is 0 Å². The highest BCUT2D eigenvalue weighted by Crippen LogP contribution is 2.21. The summed E-state index contributed by atoms with van der Waals surface area (Å²) in [6.45, 7) is 2.59. The second kappa shape index (κ2) is 5.65. The number of carbonyl (C=O) groups excluding carboxylic acids is 1. The lowest BCUT2D eigenvalue weighted by atomic mass is 10.1. The second-order valence-electron chi connectivity index (χ2n) is 4.66. The quantitative estimate of drug-likeness (QED) is 0.620. The fourth-order valence-corrected chi connectivity index (χ4v) is 2.14. The lowest BCUT2D eigenvalue weighted by molar-refractivity contribution is -0.384. The molecule has 1 amide bonds. The fourth-order valence-electron chi connectivity index (χ4n) is 2.14. The first-order chi connectivity index (χ1) is 9.08. The molecular weight excluding hydrogens is 244 g/mol.